The fraction of sp³-hybridized carbons (Fsp3) is 0.233. The van der Waals surface area contributed by atoms with E-state index in [2.05, 4.69) is 29.5 Å². The summed E-state index contributed by atoms with van der Waals surface area (Å²) in [5, 5.41) is 15.2. The summed E-state index contributed by atoms with van der Waals surface area (Å²) in [5.41, 5.74) is 9.21. The number of sulfone groups is 1. The normalized spacial score (nSPS) is 12.3. The van der Waals surface area contributed by atoms with Crippen molar-refractivity contribution in [2.45, 2.75) is 43.4 Å². The van der Waals surface area contributed by atoms with Crippen LogP contribution in [0.15, 0.2) is 83.9 Å². The van der Waals surface area contributed by atoms with E-state index in [9.17, 15) is 26.4 Å². The average Bonchev–Trinajstić information content (AvgIpc) is 2.94. The number of pyridine rings is 1. The number of hydrogen-bond donors (Lipinski definition) is 4. The molecule has 0 fully saturated rings. The molecule has 1 aromatic heterocycles. The molecule has 43 heavy (non-hydrogen) atoms. The van der Waals surface area contributed by atoms with Crippen LogP contribution in [0, 0.1) is 0 Å². The van der Waals surface area contributed by atoms with Crippen LogP contribution < -0.4 is 16.4 Å². The number of amides is 1. The number of nitrogen functional groups attached to an aromatic ring is 1. The monoisotopic (exact) mass is 616 g/mol. The summed E-state index contributed by atoms with van der Waals surface area (Å²) < 4.78 is 56.1. The van der Waals surface area contributed by atoms with Gasteiger partial charge in [-0.05, 0) is 58.3 Å². The zero-order valence-electron chi connectivity index (χ0n) is 23.5. The number of carboxylic acids is 1. The number of aromatic nitrogens is 1. The fourth-order valence-electron chi connectivity index (χ4n) is 4.15. The third-order valence-electron chi connectivity index (χ3n) is 6.35. The molecule has 13 heteroatoms. The zero-order chi connectivity index (χ0) is 31.9. The van der Waals surface area contributed by atoms with E-state index in [0.717, 1.165) is 33.8 Å². The highest BCUT2D eigenvalue weighted by Crippen LogP contribution is 2.28. The number of hydrogen-bond acceptors (Lipinski definition) is 7. The summed E-state index contributed by atoms with van der Waals surface area (Å²) in [6, 6.07) is 21.4. The Morgan fingerprint density at radius 3 is 2.26 bits per heavy atom. The van der Waals surface area contributed by atoms with Crippen molar-refractivity contribution in [3.8, 4) is 0 Å². The lowest BCUT2D eigenvalue weighted by atomic mass is 9.97. The molecule has 5 N–H and O–H groups in total. The van der Waals surface area contributed by atoms with Gasteiger partial charge in [0.2, 0.25) is 5.91 Å². The van der Waals surface area contributed by atoms with Gasteiger partial charge < -0.3 is 21.5 Å². The SMILES string of the molecule is CC(C)c1cccc(C(Nc2ccc3c(N)nccc3c2)C(=O)NCc2ccccc2S(C)(=O)=O)c1.O=C(O)C(F)(F)F. The van der Waals surface area contributed by atoms with Crippen molar-refractivity contribution in [2.75, 3.05) is 17.3 Å². The van der Waals surface area contributed by atoms with Crippen LogP contribution in [0.1, 0.15) is 42.5 Å². The molecule has 0 aliphatic rings. The summed E-state index contributed by atoms with van der Waals surface area (Å²) in [5.74, 6) is -2.28. The van der Waals surface area contributed by atoms with Gasteiger partial charge in [-0.2, -0.15) is 13.2 Å². The fourth-order valence-corrected chi connectivity index (χ4v) is 5.09. The summed E-state index contributed by atoms with van der Waals surface area (Å²) >= 11 is 0. The molecule has 1 amide bonds. The minimum absolute atomic E-state index is 0.0874. The van der Waals surface area contributed by atoms with Crippen molar-refractivity contribution in [3.05, 3.63) is 95.7 Å². The molecule has 0 bridgehead atoms. The first-order chi connectivity index (χ1) is 20.1. The van der Waals surface area contributed by atoms with Gasteiger partial charge in [-0.25, -0.2) is 18.2 Å². The molecule has 0 aliphatic heterocycles. The number of aliphatic carboxylic acids is 1. The first-order valence-corrected chi connectivity index (χ1v) is 14.8. The molecular weight excluding hydrogens is 585 g/mol. The highest BCUT2D eigenvalue weighted by molar-refractivity contribution is 7.90. The topological polar surface area (TPSA) is 151 Å². The number of benzene rings is 3. The standard InChI is InChI=1S/C28H30N4O3S.C2HF3O2/c1-18(2)19-8-6-9-21(15-19)26(32-23-11-12-24-20(16-23)13-14-30-27(24)29)28(33)31-17-22-7-4-5-10-25(22)36(3,34)35;3-2(4,5)1(6)7/h4-16,18,26,32H,17H2,1-3H3,(H2,29,30)(H,31,33);(H,6,7). The molecule has 1 unspecified atom stereocenters. The molecule has 3 aromatic carbocycles. The van der Waals surface area contributed by atoms with E-state index >= 15 is 0 Å². The van der Waals surface area contributed by atoms with Crippen LogP contribution in [-0.4, -0.2) is 42.8 Å². The molecule has 0 spiro atoms. The number of rotatable bonds is 8. The number of carbonyl (C=O) groups is 2. The van der Waals surface area contributed by atoms with Crippen LogP contribution in [0.3, 0.4) is 0 Å². The molecule has 0 saturated heterocycles. The van der Waals surface area contributed by atoms with Crippen molar-refractivity contribution in [1.29, 1.82) is 0 Å². The van der Waals surface area contributed by atoms with Crippen LogP contribution in [0.2, 0.25) is 0 Å². The minimum Gasteiger partial charge on any atom is -0.475 e. The van der Waals surface area contributed by atoms with Gasteiger partial charge in [-0.15, -0.1) is 0 Å². The van der Waals surface area contributed by atoms with E-state index in [1.54, 1.807) is 30.5 Å². The van der Waals surface area contributed by atoms with Crippen LogP contribution in [0.4, 0.5) is 24.7 Å². The Hall–Kier alpha value is -4.65. The molecular formula is C30H31F3N4O5S. The average molecular weight is 617 g/mol. The van der Waals surface area contributed by atoms with Gasteiger partial charge in [0.15, 0.2) is 9.84 Å². The van der Waals surface area contributed by atoms with Crippen molar-refractivity contribution in [2.24, 2.45) is 0 Å². The molecule has 9 nitrogen and oxygen atoms in total. The first kappa shape index (κ1) is 32.9. The second-order valence-electron chi connectivity index (χ2n) is 9.93. The molecule has 228 valence electrons. The van der Waals surface area contributed by atoms with E-state index in [1.807, 2.05) is 48.5 Å². The summed E-state index contributed by atoms with van der Waals surface area (Å²) in [6.45, 7) is 4.29. The lowest BCUT2D eigenvalue weighted by molar-refractivity contribution is -0.192. The number of alkyl halides is 3. The number of nitrogens with two attached hydrogens (primary N) is 1. The molecule has 1 atom stereocenters. The lowest BCUT2D eigenvalue weighted by Crippen LogP contribution is -2.33. The van der Waals surface area contributed by atoms with Gasteiger partial charge in [0.05, 0.1) is 4.90 Å². The third-order valence-corrected chi connectivity index (χ3v) is 7.54. The Kier molecular flexibility index (Phi) is 10.4. The highest BCUT2D eigenvalue weighted by Gasteiger charge is 2.38. The zero-order valence-corrected chi connectivity index (χ0v) is 24.3. The summed E-state index contributed by atoms with van der Waals surface area (Å²) in [6.07, 6.45) is -2.27. The van der Waals surface area contributed by atoms with Gasteiger partial charge in [0, 0.05) is 30.1 Å². The Bertz CT molecular complexity index is 1730. The number of nitrogens with one attached hydrogen (secondary N) is 2. The second kappa shape index (κ2) is 13.6. The maximum Gasteiger partial charge on any atom is 0.490 e. The maximum absolute atomic E-state index is 13.5. The largest absolute Gasteiger partial charge is 0.490 e. The van der Waals surface area contributed by atoms with Crippen molar-refractivity contribution < 1.29 is 36.3 Å². The number of halogens is 3. The number of fused-ring (bicyclic) bond motifs is 1. The van der Waals surface area contributed by atoms with Crippen molar-refractivity contribution in [1.82, 2.24) is 10.3 Å². The highest BCUT2D eigenvalue weighted by atomic mass is 32.2. The number of carboxylic acid groups (broad SMARTS) is 1. The molecule has 0 saturated carbocycles. The Morgan fingerprint density at radius 1 is 0.977 bits per heavy atom. The molecule has 4 aromatic rings. The Morgan fingerprint density at radius 2 is 1.63 bits per heavy atom. The Labute approximate surface area is 246 Å². The molecule has 1 heterocycles. The Balaban J connectivity index is 0.000000646. The smallest absolute Gasteiger partial charge is 0.475 e. The van der Waals surface area contributed by atoms with E-state index in [0.29, 0.717) is 17.3 Å². The minimum atomic E-state index is -5.08. The first-order valence-electron chi connectivity index (χ1n) is 12.9. The maximum atomic E-state index is 13.5. The third kappa shape index (κ3) is 8.92. The van der Waals surface area contributed by atoms with E-state index in [-0.39, 0.29) is 17.3 Å². The van der Waals surface area contributed by atoms with Gasteiger partial charge in [0.1, 0.15) is 11.9 Å². The lowest BCUT2D eigenvalue weighted by Gasteiger charge is -2.22. The van der Waals surface area contributed by atoms with Crippen molar-refractivity contribution >= 4 is 44.0 Å². The number of anilines is 2. The predicted octanol–water partition coefficient (Wildman–Crippen LogP) is 5.45. The van der Waals surface area contributed by atoms with Crippen LogP contribution in [-0.2, 0) is 26.0 Å². The summed E-state index contributed by atoms with van der Waals surface area (Å²) in [7, 11) is -3.42. The molecule has 0 radical (unpaired) electrons. The van der Waals surface area contributed by atoms with Gasteiger partial charge >= 0.3 is 12.1 Å². The molecule has 0 aliphatic carbocycles. The van der Waals surface area contributed by atoms with Gasteiger partial charge in [-0.3, -0.25) is 4.79 Å². The van der Waals surface area contributed by atoms with E-state index in [4.69, 9.17) is 15.6 Å². The van der Waals surface area contributed by atoms with Crippen LogP contribution in [0.25, 0.3) is 10.8 Å². The second-order valence-corrected chi connectivity index (χ2v) is 11.9. The van der Waals surface area contributed by atoms with E-state index < -0.39 is 28.0 Å². The number of nitrogens with zero attached hydrogens (tertiary/aromatic N) is 1. The summed E-state index contributed by atoms with van der Waals surface area (Å²) in [4.78, 5) is 26.8. The number of carbonyl (C=O) groups excluding carboxylic acids is 1. The predicted molar refractivity (Wildman–Crippen MR) is 158 cm³/mol. The van der Waals surface area contributed by atoms with Crippen LogP contribution in [0.5, 0.6) is 0 Å². The van der Waals surface area contributed by atoms with E-state index in [1.165, 1.54) is 0 Å². The van der Waals surface area contributed by atoms with Crippen LogP contribution >= 0.6 is 0 Å². The van der Waals surface area contributed by atoms with Gasteiger partial charge in [0.25, 0.3) is 0 Å². The molecule has 4 rings (SSSR count). The van der Waals surface area contributed by atoms with Crippen molar-refractivity contribution in [3.63, 3.8) is 0 Å². The quantitative estimate of drug-likeness (QED) is 0.204. The van der Waals surface area contributed by atoms with Gasteiger partial charge in [-0.1, -0.05) is 56.3 Å².